The molecular weight excluding hydrogens is 542 g/mol. The molecule has 2 aromatic carbocycles. The number of carbonyl (C=O) groups is 1. The SMILES string of the molecule is CC[C@@H]1CN(Cc2cc(C(CC(=O)O)c3cc(C4CC4)c4c(nnn4C)c3C)cc3ccoc23)[C@@H](C)c2ncccc2O1. The lowest BCUT2D eigenvalue weighted by atomic mass is 9.83. The molecule has 1 aliphatic heterocycles. The quantitative estimate of drug-likeness (QED) is 0.218. The largest absolute Gasteiger partial charge is 0.487 e. The van der Waals surface area contributed by atoms with E-state index in [-0.39, 0.29) is 24.5 Å². The van der Waals surface area contributed by atoms with E-state index >= 15 is 0 Å². The lowest BCUT2D eigenvalue weighted by Gasteiger charge is -2.28. The molecule has 2 aliphatic rings. The van der Waals surface area contributed by atoms with Gasteiger partial charge in [0, 0.05) is 43.2 Å². The zero-order chi connectivity index (χ0) is 29.8. The van der Waals surface area contributed by atoms with Crippen LogP contribution >= 0.6 is 0 Å². The monoisotopic (exact) mass is 579 g/mol. The van der Waals surface area contributed by atoms with E-state index in [1.165, 1.54) is 5.56 Å². The molecule has 3 atom stereocenters. The molecular formula is C34H37N5O4. The van der Waals surface area contributed by atoms with E-state index in [0.717, 1.165) is 81.5 Å². The average molecular weight is 580 g/mol. The second kappa shape index (κ2) is 10.8. The lowest BCUT2D eigenvalue weighted by molar-refractivity contribution is -0.137. The number of furan rings is 1. The van der Waals surface area contributed by atoms with Gasteiger partial charge in [-0.2, -0.15) is 0 Å². The molecule has 43 heavy (non-hydrogen) atoms. The summed E-state index contributed by atoms with van der Waals surface area (Å²) >= 11 is 0. The standard InChI is InChI=1S/C34H37N5O4/c1-5-25-18-39(20(3)32-29(43-25)7-6-11-35-32)17-24-14-23(13-22-10-12-42-34(22)24)27(16-30(40)41)26-15-28(21-8-9-21)33-31(19(26)2)36-37-38(33)4/h6-7,10-15,20-21,25,27H,5,8-9,16-18H2,1-4H3,(H,40,41)/t20-,25+,27?/m0/s1. The van der Waals surface area contributed by atoms with Gasteiger partial charge in [0.1, 0.15) is 23.0 Å². The Morgan fingerprint density at radius 1 is 1.21 bits per heavy atom. The molecule has 1 saturated carbocycles. The number of aryl methyl sites for hydroxylation is 2. The number of aromatic nitrogens is 4. The van der Waals surface area contributed by atoms with Crippen LogP contribution in [0.15, 0.2) is 53.3 Å². The second-order valence-corrected chi connectivity index (χ2v) is 12.2. The van der Waals surface area contributed by atoms with Crippen LogP contribution in [0.5, 0.6) is 5.75 Å². The summed E-state index contributed by atoms with van der Waals surface area (Å²) in [4.78, 5) is 19.4. The maximum Gasteiger partial charge on any atom is 0.304 e. The molecule has 1 fully saturated rings. The first kappa shape index (κ1) is 27.6. The molecule has 0 saturated heterocycles. The molecule has 5 aromatic rings. The highest BCUT2D eigenvalue weighted by Gasteiger charge is 2.33. The molecule has 9 heteroatoms. The molecule has 1 unspecified atom stereocenters. The molecule has 4 heterocycles. The minimum atomic E-state index is -0.836. The fourth-order valence-corrected chi connectivity index (χ4v) is 6.82. The number of nitrogens with zero attached hydrogens (tertiary/aromatic N) is 5. The predicted octanol–water partition coefficient (Wildman–Crippen LogP) is 6.64. The molecule has 222 valence electrons. The van der Waals surface area contributed by atoms with Gasteiger partial charge in [-0.3, -0.25) is 14.7 Å². The third-order valence-corrected chi connectivity index (χ3v) is 9.33. The summed E-state index contributed by atoms with van der Waals surface area (Å²) in [6, 6.07) is 12.4. The Bertz CT molecular complexity index is 1840. The van der Waals surface area contributed by atoms with Crippen LogP contribution in [-0.4, -0.2) is 48.6 Å². The predicted molar refractivity (Wildman–Crippen MR) is 163 cm³/mol. The van der Waals surface area contributed by atoms with Crippen LogP contribution in [0.25, 0.3) is 22.0 Å². The summed E-state index contributed by atoms with van der Waals surface area (Å²) in [6.07, 6.45) is 6.68. The Labute approximate surface area is 250 Å². The Hall–Kier alpha value is -4.24. The van der Waals surface area contributed by atoms with E-state index in [9.17, 15) is 9.90 Å². The summed E-state index contributed by atoms with van der Waals surface area (Å²) in [5, 5.41) is 20.0. The number of benzene rings is 2. The summed E-state index contributed by atoms with van der Waals surface area (Å²) < 4.78 is 14.2. The van der Waals surface area contributed by atoms with Crippen LogP contribution in [0, 0.1) is 6.92 Å². The maximum absolute atomic E-state index is 12.4. The van der Waals surface area contributed by atoms with Crippen molar-refractivity contribution in [1.29, 1.82) is 0 Å². The molecule has 0 bridgehead atoms. The van der Waals surface area contributed by atoms with E-state index < -0.39 is 5.97 Å². The first-order chi connectivity index (χ1) is 20.8. The Kier molecular flexibility index (Phi) is 6.92. The smallest absolute Gasteiger partial charge is 0.304 e. The summed E-state index contributed by atoms with van der Waals surface area (Å²) in [5.41, 5.74) is 8.86. The van der Waals surface area contributed by atoms with Crippen molar-refractivity contribution in [3.63, 3.8) is 0 Å². The van der Waals surface area contributed by atoms with Crippen LogP contribution in [-0.2, 0) is 18.4 Å². The third kappa shape index (κ3) is 4.95. The van der Waals surface area contributed by atoms with Gasteiger partial charge in [0.25, 0.3) is 0 Å². The molecule has 0 radical (unpaired) electrons. The molecule has 0 amide bonds. The van der Waals surface area contributed by atoms with Crippen molar-refractivity contribution in [3.05, 3.63) is 82.4 Å². The topological polar surface area (TPSA) is 107 Å². The normalized spacial score (nSPS) is 19.7. The van der Waals surface area contributed by atoms with Crippen molar-refractivity contribution in [2.75, 3.05) is 6.54 Å². The number of aliphatic carboxylic acids is 1. The fourth-order valence-electron chi connectivity index (χ4n) is 6.82. The summed E-state index contributed by atoms with van der Waals surface area (Å²) in [5.74, 6) is 0.114. The van der Waals surface area contributed by atoms with E-state index in [1.807, 2.05) is 43.0 Å². The first-order valence-corrected chi connectivity index (χ1v) is 15.2. The number of hydrogen-bond donors (Lipinski definition) is 1. The summed E-state index contributed by atoms with van der Waals surface area (Å²) in [6.45, 7) is 7.71. The average Bonchev–Trinajstić information content (AvgIpc) is 3.63. The van der Waals surface area contributed by atoms with Gasteiger partial charge in [0.2, 0.25) is 0 Å². The van der Waals surface area contributed by atoms with E-state index in [4.69, 9.17) is 9.15 Å². The number of carboxylic acid groups (broad SMARTS) is 1. The van der Waals surface area contributed by atoms with Gasteiger partial charge in [-0.25, -0.2) is 4.68 Å². The number of pyridine rings is 1. The van der Waals surface area contributed by atoms with Crippen LogP contribution in [0.1, 0.15) is 90.9 Å². The van der Waals surface area contributed by atoms with Crippen molar-refractivity contribution in [2.24, 2.45) is 7.05 Å². The minimum absolute atomic E-state index is 0.0251. The molecule has 0 spiro atoms. The lowest BCUT2D eigenvalue weighted by Crippen LogP contribution is -2.34. The van der Waals surface area contributed by atoms with Crippen molar-refractivity contribution in [3.8, 4) is 5.75 Å². The van der Waals surface area contributed by atoms with Gasteiger partial charge in [-0.15, -0.1) is 5.10 Å². The van der Waals surface area contributed by atoms with Gasteiger partial charge in [0.05, 0.1) is 29.9 Å². The molecule has 7 rings (SSSR count). The maximum atomic E-state index is 12.4. The fraction of sp³-hybridized carbons (Fsp3) is 0.412. The van der Waals surface area contributed by atoms with Gasteiger partial charge in [0.15, 0.2) is 0 Å². The first-order valence-electron chi connectivity index (χ1n) is 15.2. The minimum Gasteiger partial charge on any atom is -0.487 e. The second-order valence-electron chi connectivity index (χ2n) is 12.2. The van der Waals surface area contributed by atoms with E-state index in [0.29, 0.717) is 12.5 Å². The van der Waals surface area contributed by atoms with Crippen molar-refractivity contribution >= 4 is 28.0 Å². The highest BCUT2D eigenvalue weighted by Crippen LogP contribution is 2.46. The molecule has 1 N–H and O–H groups in total. The molecule has 3 aromatic heterocycles. The number of ether oxygens (including phenoxy) is 1. The Morgan fingerprint density at radius 3 is 2.81 bits per heavy atom. The number of fused-ring (bicyclic) bond motifs is 3. The summed E-state index contributed by atoms with van der Waals surface area (Å²) in [7, 11) is 1.93. The number of rotatable bonds is 8. The van der Waals surface area contributed by atoms with Gasteiger partial charge in [-0.1, -0.05) is 24.3 Å². The Balaban J connectivity index is 1.34. The number of hydrogen-bond acceptors (Lipinski definition) is 7. The zero-order valence-corrected chi connectivity index (χ0v) is 25.1. The van der Waals surface area contributed by atoms with Crippen molar-refractivity contribution in [2.45, 2.75) is 77.0 Å². The number of carboxylic acids is 1. The van der Waals surface area contributed by atoms with Crippen LogP contribution in [0.3, 0.4) is 0 Å². The van der Waals surface area contributed by atoms with Crippen LogP contribution in [0.2, 0.25) is 0 Å². The third-order valence-electron chi connectivity index (χ3n) is 9.33. The van der Waals surface area contributed by atoms with Gasteiger partial charge in [-0.05, 0) is 85.5 Å². The zero-order valence-electron chi connectivity index (χ0n) is 25.1. The van der Waals surface area contributed by atoms with E-state index in [2.05, 4.69) is 52.2 Å². The van der Waals surface area contributed by atoms with Crippen molar-refractivity contribution < 1.29 is 19.1 Å². The molecule has 1 aliphatic carbocycles. The van der Waals surface area contributed by atoms with Gasteiger partial charge >= 0.3 is 5.97 Å². The van der Waals surface area contributed by atoms with Crippen LogP contribution < -0.4 is 4.74 Å². The Morgan fingerprint density at radius 2 is 2.05 bits per heavy atom. The van der Waals surface area contributed by atoms with Crippen molar-refractivity contribution in [1.82, 2.24) is 24.9 Å². The van der Waals surface area contributed by atoms with Gasteiger partial charge < -0.3 is 14.3 Å². The highest BCUT2D eigenvalue weighted by atomic mass is 16.5. The highest BCUT2D eigenvalue weighted by molar-refractivity contribution is 5.86. The molecule has 9 nitrogen and oxygen atoms in total. The van der Waals surface area contributed by atoms with E-state index in [1.54, 1.807) is 6.26 Å². The van der Waals surface area contributed by atoms with Crippen LogP contribution in [0.4, 0.5) is 0 Å².